The third-order valence-corrected chi connectivity index (χ3v) is 6.42. The first-order valence-corrected chi connectivity index (χ1v) is 11.9. The number of hydrogen-bond acceptors (Lipinski definition) is 1. The quantitative estimate of drug-likeness (QED) is 0.334. The molecule has 0 spiro atoms. The molecule has 0 radical (unpaired) electrons. The van der Waals surface area contributed by atoms with Crippen LogP contribution in [0.1, 0.15) is 106 Å². The van der Waals surface area contributed by atoms with Gasteiger partial charge in [-0.05, 0) is 85.6 Å². The third kappa shape index (κ3) is 7.04. The van der Waals surface area contributed by atoms with E-state index in [0.29, 0.717) is 0 Å². The van der Waals surface area contributed by atoms with Crippen LogP contribution in [0.15, 0.2) is 42.6 Å². The summed E-state index contributed by atoms with van der Waals surface area (Å²) in [7, 11) is 0. The predicted molar refractivity (Wildman–Crippen MR) is 124 cm³/mol. The van der Waals surface area contributed by atoms with Gasteiger partial charge in [0.25, 0.3) is 0 Å². The molecule has 0 bridgehead atoms. The number of aryl methyl sites for hydroxylation is 1. The van der Waals surface area contributed by atoms with Gasteiger partial charge >= 0.3 is 0 Å². The molecule has 1 aromatic carbocycles. The van der Waals surface area contributed by atoms with E-state index in [1.54, 1.807) is 0 Å². The van der Waals surface area contributed by atoms with Crippen LogP contribution in [0.5, 0.6) is 0 Å². The Bertz CT molecular complexity index is 768. The van der Waals surface area contributed by atoms with Gasteiger partial charge in [0.05, 0.1) is 0 Å². The molecule has 1 aliphatic carbocycles. The van der Waals surface area contributed by atoms with Crippen LogP contribution in [0, 0.1) is 17.8 Å². The van der Waals surface area contributed by atoms with Crippen LogP contribution >= 0.6 is 0 Å². The Morgan fingerprint density at radius 2 is 1.59 bits per heavy atom. The van der Waals surface area contributed by atoms with Gasteiger partial charge in [0.2, 0.25) is 0 Å². The van der Waals surface area contributed by atoms with Crippen LogP contribution in [-0.4, -0.2) is 4.98 Å². The molecule has 3 rings (SSSR count). The number of pyridine rings is 1. The van der Waals surface area contributed by atoms with Crippen molar-refractivity contribution >= 4 is 0 Å². The maximum absolute atomic E-state index is 4.52. The van der Waals surface area contributed by atoms with Crippen molar-refractivity contribution in [3.8, 4) is 11.8 Å². The Morgan fingerprint density at radius 3 is 2.24 bits per heavy atom. The molecule has 29 heavy (non-hydrogen) atoms. The van der Waals surface area contributed by atoms with Crippen molar-refractivity contribution < 1.29 is 0 Å². The van der Waals surface area contributed by atoms with Crippen molar-refractivity contribution in [1.29, 1.82) is 0 Å². The molecule has 154 valence electrons. The van der Waals surface area contributed by atoms with E-state index in [-0.39, 0.29) is 0 Å². The van der Waals surface area contributed by atoms with Crippen LogP contribution in [0.3, 0.4) is 0 Å². The first-order valence-electron chi connectivity index (χ1n) is 11.9. The predicted octanol–water partition coefficient (Wildman–Crippen LogP) is 7.68. The summed E-state index contributed by atoms with van der Waals surface area (Å²) in [5.41, 5.74) is 4.76. The van der Waals surface area contributed by atoms with E-state index >= 15 is 0 Å². The highest BCUT2D eigenvalue weighted by molar-refractivity contribution is 5.41. The van der Waals surface area contributed by atoms with Gasteiger partial charge in [-0.2, -0.15) is 0 Å². The van der Waals surface area contributed by atoms with Gasteiger partial charge < -0.3 is 0 Å². The van der Waals surface area contributed by atoms with Crippen LogP contribution in [0.4, 0.5) is 0 Å². The average molecular weight is 388 g/mol. The Labute approximate surface area is 178 Å². The average Bonchev–Trinajstić information content (AvgIpc) is 2.78. The molecule has 2 aromatic rings. The van der Waals surface area contributed by atoms with E-state index in [0.717, 1.165) is 29.5 Å². The van der Waals surface area contributed by atoms with Crippen LogP contribution in [0.2, 0.25) is 0 Å². The van der Waals surface area contributed by atoms with Crippen molar-refractivity contribution in [3.05, 3.63) is 65.0 Å². The lowest BCUT2D eigenvalue weighted by molar-refractivity contribution is 0.304. The standard InChI is InChI=1S/C28H37N/c1-3-5-7-9-25-15-21-28(29-22-25)20-14-24-12-18-27(19-13-24)26-16-10-23(11-17-26)8-6-4-2/h12-13,15,18-19,21-23,26H,3-11,16-17H2,1-2H3/t23-,26-. The molecule has 0 amide bonds. The van der Waals surface area contributed by atoms with Gasteiger partial charge in [-0.1, -0.05) is 70.1 Å². The maximum Gasteiger partial charge on any atom is 0.113 e. The van der Waals surface area contributed by atoms with E-state index in [2.05, 4.69) is 67.1 Å². The third-order valence-electron chi connectivity index (χ3n) is 6.42. The maximum atomic E-state index is 4.52. The molecule has 1 aliphatic rings. The van der Waals surface area contributed by atoms with E-state index in [1.165, 1.54) is 75.3 Å². The summed E-state index contributed by atoms with van der Waals surface area (Å²) in [6, 6.07) is 13.2. The summed E-state index contributed by atoms with van der Waals surface area (Å²) in [4.78, 5) is 4.52. The van der Waals surface area contributed by atoms with Gasteiger partial charge in [0, 0.05) is 11.8 Å². The summed E-state index contributed by atoms with van der Waals surface area (Å²) < 4.78 is 0. The molecule has 0 N–H and O–H groups in total. The largest absolute Gasteiger partial charge is 0.248 e. The van der Waals surface area contributed by atoms with E-state index in [4.69, 9.17) is 0 Å². The number of benzene rings is 1. The molecule has 1 heteroatoms. The number of aromatic nitrogens is 1. The van der Waals surface area contributed by atoms with Crippen molar-refractivity contribution in [1.82, 2.24) is 4.98 Å². The Morgan fingerprint density at radius 1 is 0.828 bits per heavy atom. The minimum absolute atomic E-state index is 0.747. The van der Waals surface area contributed by atoms with Gasteiger partial charge in [0.15, 0.2) is 0 Å². The lowest BCUT2D eigenvalue weighted by Gasteiger charge is -2.28. The summed E-state index contributed by atoms with van der Waals surface area (Å²) in [5, 5.41) is 0. The van der Waals surface area contributed by atoms with Crippen molar-refractivity contribution in [3.63, 3.8) is 0 Å². The summed E-state index contributed by atoms with van der Waals surface area (Å²) in [6.07, 6.45) is 16.6. The van der Waals surface area contributed by atoms with E-state index in [1.807, 2.05) is 6.20 Å². The topological polar surface area (TPSA) is 12.9 Å². The Kier molecular flexibility index (Phi) is 8.82. The van der Waals surface area contributed by atoms with Gasteiger partial charge in [0.1, 0.15) is 5.69 Å². The summed E-state index contributed by atoms with van der Waals surface area (Å²) in [5.74, 6) is 8.22. The molecule has 1 saturated carbocycles. The Hall–Kier alpha value is -2.07. The molecule has 1 fully saturated rings. The smallest absolute Gasteiger partial charge is 0.113 e. The minimum Gasteiger partial charge on any atom is -0.248 e. The molecule has 1 heterocycles. The van der Waals surface area contributed by atoms with Crippen molar-refractivity contribution in [2.45, 2.75) is 90.4 Å². The zero-order valence-corrected chi connectivity index (χ0v) is 18.4. The van der Waals surface area contributed by atoms with Crippen LogP contribution in [0.25, 0.3) is 0 Å². The number of rotatable bonds is 8. The molecular formula is C28H37N. The number of unbranched alkanes of at least 4 members (excludes halogenated alkanes) is 3. The Balaban J connectivity index is 1.51. The van der Waals surface area contributed by atoms with E-state index < -0.39 is 0 Å². The fourth-order valence-electron chi connectivity index (χ4n) is 4.48. The second-order valence-electron chi connectivity index (χ2n) is 8.74. The van der Waals surface area contributed by atoms with E-state index in [9.17, 15) is 0 Å². The first-order chi connectivity index (χ1) is 14.3. The fourth-order valence-corrected chi connectivity index (χ4v) is 4.48. The van der Waals surface area contributed by atoms with Gasteiger partial charge in [-0.3, -0.25) is 0 Å². The summed E-state index contributed by atoms with van der Waals surface area (Å²) >= 11 is 0. The van der Waals surface area contributed by atoms with Crippen molar-refractivity contribution in [2.24, 2.45) is 5.92 Å². The van der Waals surface area contributed by atoms with Crippen LogP contribution < -0.4 is 0 Å². The van der Waals surface area contributed by atoms with Crippen molar-refractivity contribution in [2.75, 3.05) is 0 Å². The molecule has 0 saturated heterocycles. The molecular weight excluding hydrogens is 350 g/mol. The lowest BCUT2D eigenvalue weighted by atomic mass is 9.77. The highest BCUT2D eigenvalue weighted by atomic mass is 14.7. The normalized spacial score (nSPS) is 18.8. The minimum atomic E-state index is 0.747. The molecule has 0 unspecified atom stereocenters. The SMILES string of the molecule is CCCCCc1ccc(C#Cc2ccc([C@H]3CC[C@H](CCCC)CC3)cc2)nc1. The second-order valence-corrected chi connectivity index (χ2v) is 8.74. The highest BCUT2D eigenvalue weighted by Gasteiger charge is 2.21. The summed E-state index contributed by atoms with van der Waals surface area (Å²) in [6.45, 7) is 4.54. The zero-order chi connectivity index (χ0) is 20.3. The van der Waals surface area contributed by atoms with Gasteiger partial charge in [-0.15, -0.1) is 0 Å². The van der Waals surface area contributed by atoms with Gasteiger partial charge in [-0.25, -0.2) is 4.98 Å². The van der Waals surface area contributed by atoms with Crippen LogP contribution in [-0.2, 0) is 6.42 Å². The number of nitrogens with zero attached hydrogens (tertiary/aromatic N) is 1. The molecule has 1 aromatic heterocycles. The number of hydrogen-bond donors (Lipinski definition) is 0. The molecule has 0 atom stereocenters. The zero-order valence-electron chi connectivity index (χ0n) is 18.4. The lowest BCUT2D eigenvalue weighted by Crippen LogP contribution is -2.13. The molecule has 0 aliphatic heterocycles. The second kappa shape index (κ2) is 11.8. The molecule has 1 nitrogen and oxygen atoms in total. The fraction of sp³-hybridized carbons (Fsp3) is 0.536. The monoisotopic (exact) mass is 387 g/mol. The first kappa shape index (κ1) is 21.6. The highest BCUT2D eigenvalue weighted by Crippen LogP contribution is 2.37.